The molecule has 1 aromatic carbocycles. The molecular weight excluding hydrogens is 218 g/mol. The van der Waals surface area contributed by atoms with E-state index >= 15 is 0 Å². The highest BCUT2D eigenvalue weighted by Crippen LogP contribution is 2.35. The first-order valence-corrected chi connectivity index (χ1v) is 5.38. The first-order valence-electron chi connectivity index (χ1n) is 5.38. The molecular formula is C12H11N3O2. The van der Waals surface area contributed by atoms with Crippen molar-refractivity contribution in [2.45, 2.75) is 19.8 Å². The maximum atomic E-state index is 11.7. The SMILES string of the molecule is CC(=O)C1C(=O)Nc2cc3nc(C)[nH]c3cc21. The van der Waals surface area contributed by atoms with E-state index in [1.807, 2.05) is 13.0 Å². The molecule has 0 bridgehead atoms. The number of amides is 1. The van der Waals surface area contributed by atoms with E-state index in [0.29, 0.717) is 5.69 Å². The second kappa shape index (κ2) is 3.16. The number of H-pyrrole nitrogens is 1. The fraction of sp³-hybridized carbons (Fsp3) is 0.250. The molecule has 17 heavy (non-hydrogen) atoms. The number of carbonyl (C=O) groups excluding carboxylic acids is 2. The number of Topliss-reactive ketones (excluding diaryl/α,β-unsaturated/α-hetero) is 1. The number of carbonyl (C=O) groups is 2. The van der Waals surface area contributed by atoms with Crippen LogP contribution in [0.2, 0.25) is 0 Å². The van der Waals surface area contributed by atoms with Crippen LogP contribution in [0.25, 0.3) is 11.0 Å². The number of ketones is 1. The first kappa shape index (κ1) is 10.0. The molecule has 5 heteroatoms. The van der Waals surface area contributed by atoms with Gasteiger partial charge in [0, 0.05) is 5.69 Å². The van der Waals surface area contributed by atoms with E-state index in [0.717, 1.165) is 22.4 Å². The molecule has 1 aliphatic rings. The van der Waals surface area contributed by atoms with Crippen molar-refractivity contribution >= 4 is 28.4 Å². The first-order chi connectivity index (χ1) is 8.06. The van der Waals surface area contributed by atoms with Gasteiger partial charge in [-0.3, -0.25) is 9.59 Å². The standard InChI is InChI=1S/C12H11N3O2/c1-5(16)11-7-3-9-10(14-6(2)13-9)4-8(7)15-12(11)17/h3-4,11H,1-2H3,(H,13,14)(H,15,17). The Hall–Kier alpha value is -2.17. The van der Waals surface area contributed by atoms with Crippen molar-refractivity contribution in [3.8, 4) is 0 Å². The molecule has 86 valence electrons. The fourth-order valence-electron chi connectivity index (χ4n) is 2.30. The Morgan fingerprint density at radius 2 is 2.18 bits per heavy atom. The van der Waals surface area contributed by atoms with Crippen molar-refractivity contribution < 1.29 is 9.59 Å². The van der Waals surface area contributed by atoms with Gasteiger partial charge in [-0.2, -0.15) is 0 Å². The average Bonchev–Trinajstić information content (AvgIpc) is 2.70. The Kier molecular flexibility index (Phi) is 1.86. The van der Waals surface area contributed by atoms with Crippen molar-refractivity contribution in [2.75, 3.05) is 5.32 Å². The van der Waals surface area contributed by atoms with Gasteiger partial charge in [-0.05, 0) is 31.5 Å². The molecule has 1 aromatic heterocycles. The minimum absolute atomic E-state index is 0.142. The number of hydrogen-bond donors (Lipinski definition) is 2. The van der Waals surface area contributed by atoms with Gasteiger partial charge in [0.15, 0.2) is 0 Å². The highest BCUT2D eigenvalue weighted by atomic mass is 16.2. The Morgan fingerprint density at radius 3 is 2.88 bits per heavy atom. The topological polar surface area (TPSA) is 74.8 Å². The van der Waals surface area contributed by atoms with E-state index in [1.54, 1.807) is 6.07 Å². The zero-order valence-electron chi connectivity index (χ0n) is 9.50. The van der Waals surface area contributed by atoms with E-state index in [-0.39, 0.29) is 11.7 Å². The van der Waals surface area contributed by atoms with Crippen molar-refractivity contribution in [1.29, 1.82) is 0 Å². The molecule has 3 rings (SSSR count). The summed E-state index contributed by atoms with van der Waals surface area (Å²) in [7, 11) is 0. The fourth-order valence-corrected chi connectivity index (χ4v) is 2.30. The van der Waals surface area contributed by atoms with Gasteiger partial charge in [-0.1, -0.05) is 0 Å². The highest BCUT2D eigenvalue weighted by Gasteiger charge is 2.34. The lowest BCUT2D eigenvalue weighted by atomic mass is 9.97. The summed E-state index contributed by atoms with van der Waals surface area (Å²) in [5.41, 5.74) is 3.07. The summed E-state index contributed by atoms with van der Waals surface area (Å²) in [4.78, 5) is 30.5. The second-order valence-electron chi connectivity index (χ2n) is 4.31. The van der Waals surface area contributed by atoms with Gasteiger partial charge in [0.05, 0.1) is 11.0 Å². The molecule has 0 fully saturated rings. The van der Waals surface area contributed by atoms with Gasteiger partial charge >= 0.3 is 0 Å². The number of aryl methyl sites for hydroxylation is 1. The number of imidazole rings is 1. The lowest BCUT2D eigenvalue weighted by Gasteiger charge is -2.03. The quantitative estimate of drug-likeness (QED) is 0.727. The third-order valence-electron chi connectivity index (χ3n) is 3.01. The van der Waals surface area contributed by atoms with Gasteiger partial charge in [0.2, 0.25) is 5.91 Å². The number of nitrogens with one attached hydrogen (secondary N) is 2. The molecule has 1 amide bonds. The van der Waals surface area contributed by atoms with Gasteiger partial charge in [0.1, 0.15) is 17.5 Å². The predicted molar refractivity (Wildman–Crippen MR) is 62.9 cm³/mol. The number of benzene rings is 1. The molecule has 2 N–H and O–H groups in total. The highest BCUT2D eigenvalue weighted by molar-refractivity contribution is 6.17. The minimum Gasteiger partial charge on any atom is -0.342 e. The van der Waals surface area contributed by atoms with Crippen LogP contribution in [0, 0.1) is 6.92 Å². The Morgan fingerprint density at radius 1 is 1.41 bits per heavy atom. The Bertz CT molecular complexity index is 657. The van der Waals surface area contributed by atoms with Crippen LogP contribution >= 0.6 is 0 Å². The Labute approximate surface area is 97.2 Å². The van der Waals surface area contributed by atoms with Crippen LogP contribution in [0.15, 0.2) is 12.1 Å². The molecule has 0 spiro atoms. The number of aromatic amines is 1. The zero-order chi connectivity index (χ0) is 12.2. The van der Waals surface area contributed by atoms with Gasteiger partial charge < -0.3 is 10.3 Å². The van der Waals surface area contributed by atoms with E-state index in [4.69, 9.17) is 0 Å². The molecule has 1 aliphatic heterocycles. The normalized spacial score (nSPS) is 18.2. The lowest BCUT2D eigenvalue weighted by Crippen LogP contribution is -2.18. The van der Waals surface area contributed by atoms with Crippen LogP contribution in [0.1, 0.15) is 24.2 Å². The van der Waals surface area contributed by atoms with E-state index in [9.17, 15) is 9.59 Å². The summed E-state index contributed by atoms with van der Waals surface area (Å²) in [6, 6.07) is 3.63. The summed E-state index contributed by atoms with van der Waals surface area (Å²) in [5.74, 6) is -0.263. The summed E-state index contributed by atoms with van der Waals surface area (Å²) in [5, 5.41) is 2.72. The molecule has 5 nitrogen and oxygen atoms in total. The van der Waals surface area contributed by atoms with Crippen LogP contribution < -0.4 is 5.32 Å². The summed E-state index contributed by atoms with van der Waals surface area (Å²) < 4.78 is 0. The molecule has 0 radical (unpaired) electrons. The maximum Gasteiger partial charge on any atom is 0.239 e. The number of anilines is 1. The number of rotatable bonds is 1. The van der Waals surface area contributed by atoms with Crippen LogP contribution in [0.5, 0.6) is 0 Å². The van der Waals surface area contributed by atoms with Crippen molar-refractivity contribution in [3.63, 3.8) is 0 Å². The lowest BCUT2D eigenvalue weighted by molar-refractivity contribution is -0.125. The number of hydrogen-bond acceptors (Lipinski definition) is 3. The molecule has 1 atom stereocenters. The second-order valence-corrected chi connectivity index (χ2v) is 4.31. The summed E-state index contributed by atoms with van der Waals surface area (Å²) in [6.45, 7) is 3.30. The molecule has 0 saturated carbocycles. The van der Waals surface area contributed by atoms with Gasteiger partial charge in [0.25, 0.3) is 0 Å². The molecule has 2 aromatic rings. The third-order valence-corrected chi connectivity index (χ3v) is 3.01. The summed E-state index contributed by atoms with van der Waals surface area (Å²) >= 11 is 0. The van der Waals surface area contributed by atoms with Crippen molar-refractivity contribution in [3.05, 3.63) is 23.5 Å². The van der Waals surface area contributed by atoms with E-state index in [2.05, 4.69) is 15.3 Å². The molecule has 1 unspecified atom stereocenters. The van der Waals surface area contributed by atoms with Crippen LogP contribution in [-0.2, 0) is 9.59 Å². The minimum atomic E-state index is -0.682. The zero-order valence-corrected chi connectivity index (χ0v) is 9.50. The van der Waals surface area contributed by atoms with Gasteiger partial charge in [-0.25, -0.2) is 4.98 Å². The number of nitrogens with zero attached hydrogens (tertiary/aromatic N) is 1. The van der Waals surface area contributed by atoms with Crippen LogP contribution in [0.3, 0.4) is 0 Å². The monoisotopic (exact) mass is 229 g/mol. The van der Waals surface area contributed by atoms with Crippen LogP contribution in [0.4, 0.5) is 5.69 Å². The molecule has 2 heterocycles. The smallest absolute Gasteiger partial charge is 0.239 e. The largest absolute Gasteiger partial charge is 0.342 e. The number of aromatic nitrogens is 2. The average molecular weight is 229 g/mol. The Balaban J connectivity index is 2.25. The molecule has 0 saturated heterocycles. The van der Waals surface area contributed by atoms with Crippen LogP contribution in [-0.4, -0.2) is 21.7 Å². The predicted octanol–water partition coefficient (Wildman–Crippen LogP) is 1.50. The maximum absolute atomic E-state index is 11.7. The van der Waals surface area contributed by atoms with Crippen molar-refractivity contribution in [1.82, 2.24) is 9.97 Å². The van der Waals surface area contributed by atoms with Gasteiger partial charge in [-0.15, -0.1) is 0 Å². The molecule has 0 aliphatic carbocycles. The van der Waals surface area contributed by atoms with E-state index < -0.39 is 5.92 Å². The van der Waals surface area contributed by atoms with E-state index in [1.165, 1.54) is 6.92 Å². The van der Waals surface area contributed by atoms with Crippen molar-refractivity contribution in [2.24, 2.45) is 0 Å². The number of fused-ring (bicyclic) bond motifs is 2. The summed E-state index contributed by atoms with van der Waals surface area (Å²) in [6.07, 6.45) is 0. The third kappa shape index (κ3) is 1.35.